The largest absolute Gasteiger partial charge is 0.456 e. The van der Waals surface area contributed by atoms with E-state index in [4.69, 9.17) is 28.8 Å². The lowest BCUT2D eigenvalue weighted by Gasteiger charge is -2.13. The number of aromatic nitrogens is 6. The predicted octanol–water partition coefficient (Wildman–Crippen LogP) is 17.6. The molecular weight excluding hydrogens is 933 g/mol. The number of fused-ring (bicyclic) bond motifs is 12. The maximum absolute atomic E-state index is 7.05. The Labute approximate surface area is 434 Å². The molecule has 0 radical (unpaired) electrons. The van der Waals surface area contributed by atoms with Crippen molar-refractivity contribution in [2.45, 2.75) is 0 Å². The Balaban J connectivity index is 0.918. The summed E-state index contributed by atoms with van der Waals surface area (Å²) in [6.45, 7) is 0. The van der Waals surface area contributed by atoms with Crippen molar-refractivity contribution in [3.05, 3.63) is 243 Å². The van der Waals surface area contributed by atoms with Gasteiger partial charge in [-0.3, -0.25) is 4.98 Å². The Morgan fingerprint density at radius 1 is 0.289 bits per heavy atom. The number of benzene rings is 10. The highest BCUT2D eigenvalue weighted by Crippen LogP contribution is 2.44. The fraction of sp³-hybridized carbons (Fsp3) is 0. The quantitative estimate of drug-likeness (QED) is 0.158. The molecule has 0 atom stereocenters. The molecule has 0 fully saturated rings. The van der Waals surface area contributed by atoms with Gasteiger partial charge in [0.15, 0.2) is 17.5 Å². The molecule has 0 aliphatic heterocycles. The summed E-state index contributed by atoms with van der Waals surface area (Å²) in [5.41, 5.74) is 15.7. The van der Waals surface area contributed by atoms with E-state index in [1.165, 1.54) is 5.39 Å². The SMILES string of the molecule is c1ccc(-c2nc(-c3ccccc3)nc(-c3cc(-c4ccc5oc6cc7c(cc6c5c4)c4ccccc4n7-c4ccccc4)cnc3-c3cccc4c3oc3cc5c6ccccc6n(-c6ccccc6)c5cc34)n2)cc1. The molecule has 0 unspecified atom stereocenters. The normalized spacial score (nSPS) is 11.9. The summed E-state index contributed by atoms with van der Waals surface area (Å²) in [5, 5.41) is 8.68. The van der Waals surface area contributed by atoms with Crippen LogP contribution in [0.2, 0.25) is 0 Å². The lowest BCUT2D eigenvalue weighted by atomic mass is 9.97. The van der Waals surface area contributed by atoms with Gasteiger partial charge in [0.25, 0.3) is 0 Å². The second kappa shape index (κ2) is 16.5. The first-order valence-electron chi connectivity index (χ1n) is 25.4. The molecule has 0 saturated heterocycles. The number of nitrogens with zero attached hydrogens (tertiary/aromatic N) is 6. The van der Waals surface area contributed by atoms with Gasteiger partial charge in [0.1, 0.15) is 22.3 Å². The number of para-hydroxylation sites is 5. The minimum atomic E-state index is 0.492. The van der Waals surface area contributed by atoms with Crippen molar-refractivity contribution in [3.63, 3.8) is 0 Å². The zero-order chi connectivity index (χ0) is 49.8. The van der Waals surface area contributed by atoms with Gasteiger partial charge < -0.3 is 18.0 Å². The van der Waals surface area contributed by atoms with E-state index in [1.807, 2.05) is 66.9 Å². The number of pyridine rings is 1. The molecule has 0 aliphatic carbocycles. The van der Waals surface area contributed by atoms with Crippen molar-refractivity contribution in [2.75, 3.05) is 0 Å². The molecule has 8 heteroatoms. The molecule has 0 bridgehead atoms. The van der Waals surface area contributed by atoms with Crippen LogP contribution in [0.5, 0.6) is 0 Å². The average molecular weight is 973 g/mol. The summed E-state index contributed by atoms with van der Waals surface area (Å²) >= 11 is 0. The van der Waals surface area contributed by atoms with Crippen LogP contribution in [0.15, 0.2) is 252 Å². The molecule has 10 aromatic carbocycles. The van der Waals surface area contributed by atoms with Crippen LogP contribution in [0.1, 0.15) is 0 Å². The molecule has 16 rings (SSSR count). The Bertz CT molecular complexity index is 4920. The van der Waals surface area contributed by atoms with Crippen molar-refractivity contribution in [1.29, 1.82) is 0 Å². The molecule has 16 aromatic rings. The summed E-state index contributed by atoms with van der Waals surface area (Å²) in [4.78, 5) is 21.1. The molecule has 6 aromatic heterocycles. The molecule has 0 amide bonds. The van der Waals surface area contributed by atoms with E-state index >= 15 is 0 Å². The zero-order valence-corrected chi connectivity index (χ0v) is 40.6. The number of hydrogen-bond donors (Lipinski definition) is 0. The second-order valence-corrected chi connectivity index (χ2v) is 19.4. The first-order chi connectivity index (χ1) is 37.7. The van der Waals surface area contributed by atoms with Crippen molar-refractivity contribution >= 4 is 87.5 Å². The van der Waals surface area contributed by atoms with Crippen LogP contribution in [0.3, 0.4) is 0 Å². The van der Waals surface area contributed by atoms with Crippen molar-refractivity contribution in [1.82, 2.24) is 29.1 Å². The van der Waals surface area contributed by atoms with Gasteiger partial charge in [-0.2, -0.15) is 0 Å². The summed E-state index contributed by atoms with van der Waals surface area (Å²) in [6, 6.07) is 82.2. The first kappa shape index (κ1) is 42.1. The molecule has 6 heterocycles. The lowest BCUT2D eigenvalue weighted by Crippen LogP contribution is -2.02. The van der Waals surface area contributed by atoms with Crippen LogP contribution in [0, 0.1) is 0 Å². The summed E-state index contributed by atoms with van der Waals surface area (Å²) in [5.74, 6) is 1.62. The van der Waals surface area contributed by atoms with Gasteiger partial charge in [-0.05, 0) is 84.4 Å². The third-order valence-corrected chi connectivity index (χ3v) is 15.0. The van der Waals surface area contributed by atoms with Gasteiger partial charge in [0, 0.05) is 94.5 Å². The Morgan fingerprint density at radius 3 is 1.47 bits per heavy atom. The monoisotopic (exact) mass is 972 g/mol. The topological polar surface area (TPSA) is 87.7 Å². The van der Waals surface area contributed by atoms with Gasteiger partial charge >= 0.3 is 0 Å². The summed E-state index contributed by atoms with van der Waals surface area (Å²) < 4.78 is 18.4. The summed E-state index contributed by atoms with van der Waals surface area (Å²) in [6.07, 6.45) is 1.95. The summed E-state index contributed by atoms with van der Waals surface area (Å²) in [7, 11) is 0. The first-order valence-corrected chi connectivity index (χ1v) is 25.4. The van der Waals surface area contributed by atoms with Crippen molar-refractivity contribution in [2.24, 2.45) is 0 Å². The van der Waals surface area contributed by atoms with Crippen LogP contribution >= 0.6 is 0 Å². The fourth-order valence-electron chi connectivity index (χ4n) is 11.5. The Hall–Kier alpha value is -10.4. The highest BCUT2D eigenvalue weighted by atomic mass is 16.3. The number of furan rings is 2. The minimum Gasteiger partial charge on any atom is -0.456 e. The molecule has 0 aliphatic rings. The van der Waals surface area contributed by atoms with E-state index in [0.29, 0.717) is 23.2 Å². The van der Waals surface area contributed by atoms with E-state index in [1.54, 1.807) is 0 Å². The third kappa shape index (κ3) is 6.50. The second-order valence-electron chi connectivity index (χ2n) is 19.4. The minimum absolute atomic E-state index is 0.492. The van der Waals surface area contributed by atoms with E-state index in [0.717, 1.165) is 127 Å². The van der Waals surface area contributed by atoms with Crippen LogP contribution in [0.4, 0.5) is 0 Å². The van der Waals surface area contributed by atoms with Crippen molar-refractivity contribution < 1.29 is 8.83 Å². The highest BCUT2D eigenvalue weighted by Gasteiger charge is 2.24. The molecule has 8 nitrogen and oxygen atoms in total. The van der Waals surface area contributed by atoms with E-state index in [2.05, 4.69) is 185 Å². The smallest absolute Gasteiger partial charge is 0.166 e. The average Bonchev–Trinajstić information content (AvgIpc) is 4.33. The van der Waals surface area contributed by atoms with Crippen LogP contribution in [-0.2, 0) is 0 Å². The van der Waals surface area contributed by atoms with Crippen LogP contribution in [-0.4, -0.2) is 29.1 Å². The van der Waals surface area contributed by atoms with E-state index in [-0.39, 0.29) is 0 Å². The molecule has 354 valence electrons. The van der Waals surface area contributed by atoms with Crippen LogP contribution < -0.4 is 0 Å². The number of hydrogen-bond acceptors (Lipinski definition) is 6. The predicted molar refractivity (Wildman–Crippen MR) is 308 cm³/mol. The maximum atomic E-state index is 7.05. The molecular formula is C68H40N6O2. The third-order valence-electron chi connectivity index (χ3n) is 15.0. The van der Waals surface area contributed by atoms with Gasteiger partial charge in [0.05, 0.1) is 27.8 Å². The lowest BCUT2D eigenvalue weighted by molar-refractivity contribution is 0.669. The van der Waals surface area contributed by atoms with E-state index in [9.17, 15) is 0 Å². The van der Waals surface area contributed by atoms with Gasteiger partial charge in [-0.15, -0.1) is 0 Å². The standard InChI is InChI=1S/C68H40N6O2/c1-5-18-41(19-6-1)66-70-67(42-20-7-2-8-21-42)72-68(71-66)56-35-44(43-32-33-61-53(34-43)54-36-51-47-26-13-15-30-57(47)74(46-24-11-4-12-25-46)60(51)39-63(54)75-61)40-69-64(56)50-29-17-28-49-55-37-59-52(38-62(55)76-65(49)50)48-27-14-16-31-58(48)73(59)45-22-9-3-10-23-45/h1-40H. The Kier molecular flexibility index (Phi) is 9.17. The van der Waals surface area contributed by atoms with Crippen molar-refractivity contribution in [3.8, 4) is 67.9 Å². The molecule has 0 N–H and O–H groups in total. The number of rotatable bonds is 7. The van der Waals surface area contributed by atoms with Gasteiger partial charge in [-0.25, -0.2) is 15.0 Å². The fourth-order valence-corrected chi connectivity index (χ4v) is 11.5. The maximum Gasteiger partial charge on any atom is 0.166 e. The van der Waals surface area contributed by atoms with Crippen LogP contribution in [0.25, 0.3) is 155 Å². The molecule has 0 spiro atoms. The zero-order valence-electron chi connectivity index (χ0n) is 40.6. The van der Waals surface area contributed by atoms with E-state index < -0.39 is 0 Å². The Morgan fingerprint density at radius 2 is 0.816 bits per heavy atom. The molecule has 0 saturated carbocycles. The van der Waals surface area contributed by atoms with Gasteiger partial charge in [0.2, 0.25) is 0 Å². The highest BCUT2D eigenvalue weighted by molar-refractivity contribution is 6.20. The molecule has 76 heavy (non-hydrogen) atoms. The van der Waals surface area contributed by atoms with Gasteiger partial charge in [-0.1, -0.05) is 152 Å².